The number of amides is 1. The van der Waals surface area contributed by atoms with Crippen LogP contribution >= 0.6 is 22.6 Å². The molecule has 0 aliphatic heterocycles. The molecule has 0 spiro atoms. The Morgan fingerprint density at radius 1 is 1.47 bits per heavy atom. The molecule has 6 heteroatoms. The van der Waals surface area contributed by atoms with Gasteiger partial charge in [0.2, 0.25) is 0 Å². The van der Waals surface area contributed by atoms with Gasteiger partial charge in [0.05, 0.1) is 5.56 Å². The molecule has 0 unspecified atom stereocenters. The van der Waals surface area contributed by atoms with Gasteiger partial charge >= 0.3 is 5.97 Å². The summed E-state index contributed by atoms with van der Waals surface area (Å²) < 4.78 is 14.0. The van der Waals surface area contributed by atoms with Crippen LogP contribution in [-0.2, 0) is 4.79 Å². The molecule has 1 rings (SSSR count). The smallest absolute Gasteiger partial charge is 0.326 e. The monoisotopic (exact) mass is 379 g/mol. The Morgan fingerprint density at radius 2 is 2.16 bits per heavy atom. The number of aliphatic carboxylic acids is 1. The first-order valence-corrected chi connectivity index (χ1v) is 7.03. The maximum absolute atomic E-state index is 13.6. The zero-order valence-corrected chi connectivity index (χ0v) is 12.6. The van der Waals surface area contributed by atoms with E-state index in [0.29, 0.717) is 16.4 Å². The summed E-state index contributed by atoms with van der Waals surface area (Å²) in [7, 11) is 0. The molecule has 0 aliphatic carbocycles. The minimum atomic E-state index is -1.10. The van der Waals surface area contributed by atoms with Gasteiger partial charge in [0.25, 0.3) is 5.91 Å². The van der Waals surface area contributed by atoms with E-state index in [4.69, 9.17) is 5.11 Å². The van der Waals surface area contributed by atoms with E-state index in [1.807, 2.05) is 29.5 Å². The summed E-state index contributed by atoms with van der Waals surface area (Å²) >= 11 is 1.85. The van der Waals surface area contributed by atoms with Crippen LogP contribution in [-0.4, -0.2) is 23.0 Å². The minimum absolute atomic E-state index is 0.106. The molecule has 0 saturated heterocycles. The lowest BCUT2D eigenvalue weighted by Crippen LogP contribution is -2.41. The third-order valence-corrected chi connectivity index (χ3v) is 3.54. The number of hydrogen-bond donors (Lipinski definition) is 2. The highest BCUT2D eigenvalue weighted by Crippen LogP contribution is 2.16. The van der Waals surface area contributed by atoms with Crippen molar-refractivity contribution in [2.24, 2.45) is 0 Å². The van der Waals surface area contributed by atoms with Gasteiger partial charge in [0.15, 0.2) is 0 Å². The van der Waals surface area contributed by atoms with Gasteiger partial charge in [0, 0.05) is 3.57 Å². The predicted molar refractivity (Wildman–Crippen MR) is 77.5 cm³/mol. The van der Waals surface area contributed by atoms with Crippen molar-refractivity contribution in [2.45, 2.75) is 32.2 Å². The molecular formula is C13H15FINO3. The number of carboxylic acids is 1. The van der Waals surface area contributed by atoms with E-state index in [1.54, 1.807) is 6.07 Å². The van der Waals surface area contributed by atoms with Gasteiger partial charge in [-0.25, -0.2) is 9.18 Å². The quantitative estimate of drug-likeness (QED) is 0.748. The summed E-state index contributed by atoms with van der Waals surface area (Å²) in [6.45, 7) is 1.93. The first-order chi connectivity index (χ1) is 8.97. The Morgan fingerprint density at radius 3 is 2.68 bits per heavy atom. The highest BCUT2D eigenvalue weighted by molar-refractivity contribution is 14.1. The molecule has 1 atom stereocenters. The van der Waals surface area contributed by atoms with Crippen LogP contribution in [0.3, 0.4) is 0 Å². The fraction of sp³-hybridized carbons (Fsp3) is 0.385. The third kappa shape index (κ3) is 4.45. The molecule has 0 saturated carbocycles. The summed E-state index contributed by atoms with van der Waals surface area (Å²) in [4.78, 5) is 23.0. The van der Waals surface area contributed by atoms with Gasteiger partial charge in [-0.1, -0.05) is 25.8 Å². The number of rotatable bonds is 6. The van der Waals surface area contributed by atoms with Crippen molar-refractivity contribution in [3.05, 3.63) is 33.1 Å². The van der Waals surface area contributed by atoms with Crippen LogP contribution < -0.4 is 5.32 Å². The van der Waals surface area contributed by atoms with Crippen LogP contribution in [0.4, 0.5) is 4.39 Å². The molecule has 4 nitrogen and oxygen atoms in total. The third-order valence-electron chi connectivity index (χ3n) is 2.64. The van der Waals surface area contributed by atoms with E-state index in [-0.39, 0.29) is 5.56 Å². The molecular weight excluding hydrogens is 364 g/mol. The van der Waals surface area contributed by atoms with Crippen molar-refractivity contribution in [1.82, 2.24) is 5.32 Å². The van der Waals surface area contributed by atoms with Crippen LogP contribution in [0.2, 0.25) is 0 Å². The van der Waals surface area contributed by atoms with Crippen molar-refractivity contribution in [1.29, 1.82) is 0 Å². The van der Waals surface area contributed by atoms with Crippen molar-refractivity contribution >= 4 is 34.5 Å². The van der Waals surface area contributed by atoms with E-state index >= 15 is 0 Å². The largest absolute Gasteiger partial charge is 0.480 e. The Hall–Kier alpha value is -1.18. The van der Waals surface area contributed by atoms with E-state index in [1.165, 1.54) is 12.1 Å². The van der Waals surface area contributed by atoms with E-state index < -0.39 is 23.7 Å². The van der Waals surface area contributed by atoms with Crippen LogP contribution in [0.5, 0.6) is 0 Å². The maximum Gasteiger partial charge on any atom is 0.326 e. The zero-order chi connectivity index (χ0) is 14.4. The van der Waals surface area contributed by atoms with E-state index in [0.717, 1.165) is 6.42 Å². The second kappa shape index (κ2) is 7.42. The Labute approximate surface area is 124 Å². The summed E-state index contributed by atoms with van der Waals surface area (Å²) in [6.07, 6.45) is 1.85. The van der Waals surface area contributed by atoms with Gasteiger partial charge in [-0.3, -0.25) is 4.79 Å². The van der Waals surface area contributed by atoms with Crippen molar-refractivity contribution in [3.63, 3.8) is 0 Å². The highest BCUT2D eigenvalue weighted by Gasteiger charge is 2.23. The normalized spacial score (nSPS) is 11.9. The molecule has 0 heterocycles. The lowest BCUT2D eigenvalue weighted by Gasteiger charge is -2.15. The van der Waals surface area contributed by atoms with Gasteiger partial charge in [0.1, 0.15) is 11.9 Å². The standard InChI is InChI=1S/C13H15FINO3/c1-2-3-7-10(13(18)19)16-12(17)11-8(14)5-4-6-9(11)15/h4-6,10H,2-3,7H2,1H3,(H,16,17)(H,18,19)/t10-/m0/s1. The lowest BCUT2D eigenvalue weighted by atomic mass is 10.1. The Kier molecular flexibility index (Phi) is 6.20. The number of benzene rings is 1. The van der Waals surface area contributed by atoms with Crippen molar-refractivity contribution in [2.75, 3.05) is 0 Å². The van der Waals surface area contributed by atoms with Crippen LogP contribution in [0, 0.1) is 9.39 Å². The number of carboxylic acid groups (broad SMARTS) is 1. The van der Waals surface area contributed by atoms with Crippen LogP contribution in [0.1, 0.15) is 36.5 Å². The first-order valence-electron chi connectivity index (χ1n) is 5.95. The number of halogens is 2. The predicted octanol–water partition coefficient (Wildman–Crippen LogP) is 2.80. The molecule has 0 fully saturated rings. The van der Waals surface area contributed by atoms with Crippen molar-refractivity contribution in [3.8, 4) is 0 Å². The number of carbonyl (C=O) groups excluding carboxylic acids is 1. The molecule has 0 aromatic heterocycles. The molecule has 2 N–H and O–H groups in total. The Bertz CT molecular complexity index is 459. The van der Waals surface area contributed by atoms with Crippen LogP contribution in [0.15, 0.2) is 18.2 Å². The minimum Gasteiger partial charge on any atom is -0.480 e. The molecule has 0 aliphatic rings. The molecule has 0 bridgehead atoms. The second-order valence-corrected chi connectivity index (χ2v) is 5.27. The molecule has 104 valence electrons. The second-order valence-electron chi connectivity index (χ2n) is 4.10. The zero-order valence-electron chi connectivity index (χ0n) is 10.5. The molecule has 19 heavy (non-hydrogen) atoms. The fourth-order valence-electron chi connectivity index (χ4n) is 1.61. The maximum atomic E-state index is 13.6. The van der Waals surface area contributed by atoms with E-state index in [2.05, 4.69) is 5.32 Å². The van der Waals surface area contributed by atoms with Gasteiger partial charge in [-0.05, 0) is 41.1 Å². The SMILES string of the molecule is CCCC[C@H](NC(=O)c1c(F)cccc1I)C(=O)O. The summed E-state index contributed by atoms with van der Waals surface area (Å²) in [5, 5.41) is 11.4. The highest BCUT2D eigenvalue weighted by atomic mass is 127. The average molecular weight is 379 g/mol. The van der Waals surface area contributed by atoms with Gasteiger partial charge < -0.3 is 10.4 Å². The lowest BCUT2D eigenvalue weighted by molar-refractivity contribution is -0.139. The van der Waals surface area contributed by atoms with Crippen LogP contribution in [0.25, 0.3) is 0 Å². The van der Waals surface area contributed by atoms with E-state index in [9.17, 15) is 14.0 Å². The number of carbonyl (C=O) groups is 2. The summed E-state index contributed by atoms with van der Waals surface area (Å²) in [6, 6.07) is 3.29. The summed E-state index contributed by atoms with van der Waals surface area (Å²) in [5.41, 5.74) is -0.106. The number of hydrogen-bond acceptors (Lipinski definition) is 2. The number of unbranched alkanes of at least 4 members (excludes halogenated alkanes) is 1. The first kappa shape index (κ1) is 15.9. The topological polar surface area (TPSA) is 66.4 Å². The molecule has 1 aromatic carbocycles. The fourth-order valence-corrected chi connectivity index (χ4v) is 2.32. The van der Waals surface area contributed by atoms with Gasteiger partial charge in [-0.2, -0.15) is 0 Å². The van der Waals surface area contributed by atoms with Gasteiger partial charge in [-0.15, -0.1) is 0 Å². The van der Waals surface area contributed by atoms with Crippen molar-refractivity contribution < 1.29 is 19.1 Å². The number of nitrogens with one attached hydrogen (secondary N) is 1. The summed E-state index contributed by atoms with van der Waals surface area (Å²) in [5.74, 6) is -2.44. The average Bonchev–Trinajstić information content (AvgIpc) is 2.33. The molecule has 1 amide bonds. The molecule has 0 radical (unpaired) electrons. The molecule has 1 aromatic rings. The Balaban J connectivity index is 2.85.